The van der Waals surface area contributed by atoms with E-state index in [2.05, 4.69) is 9.88 Å². The van der Waals surface area contributed by atoms with Crippen LogP contribution in [-0.4, -0.2) is 16.6 Å². The average molecular weight is 380 g/mol. The Balaban J connectivity index is 1.64. The molecule has 0 aliphatic carbocycles. The second-order valence-corrected chi connectivity index (χ2v) is 6.99. The van der Waals surface area contributed by atoms with Crippen LogP contribution in [0.4, 0.5) is 0 Å². The minimum absolute atomic E-state index is 0.471. The van der Waals surface area contributed by atoms with Gasteiger partial charge in [0, 0.05) is 40.3 Å². The van der Waals surface area contributed by atoms with Crippen molar-refractivity contribution in [2.45, 2.75) is 13.1 Å². The van der Waals surface area contributed by atoms with Gasteiger partial charge in [-0.2, -0.15) is 0 Å². The highest BCUT2D eigenvalue weighted by molar-refractivity contribution is 6.36. The van der Waals surface area contributed by atoms with Gasteiger partial charge in [0.15, 0.2) is 5.75 Å². The van der Waals surface area contributed by atoms with E-state index < -0.39 is 0 Å². The largest absolute Gasteiger partial charge is 0.475 e. The number of rotatable bonds is 2. The number of pyridine rings is 1. The number of ether oxygens (including phenoxy) is 1. The van der Waals surface area contributed by atoms with E-state index >= 15 is 0 Å². The van der Waals surface area contributed by atoms with Crippen LogP contribution in [0.2, 0.25) is 15.1 Å². The summed E-state index contributed by atoms with van der Waals surface area (Å²) in [6.45, 7) is 1.87. The van der Waals surface area contributed by atoms with Crippen LogP contribution in [0.5, 0.6) is 5.75 Å². The maximum absolute atomic E-state index is 6.39. The average Bonchev–Trinajstić information content (AvgIpc) is 2.57. The molecule has 0 bridgehead atoms. The fraction of sp³-hybridized carbons (Fsp3) is 0.167. The number of halogens is 3. The second-order valence-electron chi connectivity index (χ2n) is 5.74. The van der Waals surface area contributed by atoms with E-state index in [9.17, 15) is 0 Å². The minimum Gasteiger partial charge on any atom is -0.475 e. The molecule has 1 aliphatic heterocycles. The van der Waals surface area contributed by atoms with Gasteiger partial charge in [-0.15, -0.1) is 0 Å². The predicted octanol–water partition coefficient (Wildman–Crippen LogP) is 5.55. The first-order valence-corrected chi connectivity index (χ1v) is 8.60. The summed E-state index contributed by atoms with van der Waals surface area (Å²) in [5.74, 6) is 0.813. The van der Waals surface area contributed by atoms with Gasteiger partial charge in [0.25, 0.3) is 0 Å². The number of hydrogen-bond acceptors (Lipinski definition) is 3. The molecule has 0 unspecified atom stereocenters. The molecule has 3 aromatic rings. The highest BCUT2D eigenvalue weighted by atomic mass is 35.5. The first kappa shape index (κ1) is 16.0. The monoisotopic (exact) mass is 378 g/mol. The molecule has 1 aliphatic rings. The van der Waals surface area contributed by atoms with Crippen LogP contribution in [0.25, 0.3) is 10.9 Å². The van der Waals surface area contributed by atoms with Gasteiger partial charge in [0.05, 0.1) is 5.02 Å². The van der Waals surface area contributed by atoms with E-state index in [0.29, 0.717) is 28.3 Å². The molecule has 3 nitrogen and oxygen atoms in total. The van der Waals surface area contributed by atoms with Crippen molar-refractivity contribution >= 4 is 45.7 Å². The van der Waals surface area contributed by atoms with Gasteiger partial charge in [0.2, 0.25) is 0 Å². The van der Waals surface area contributed by atoms with E-state index in [0.717, 1.165) is 34.3 Å². The summed E-state index contributed by atoms with van der Waals surface area (Å²) >= 11 is 18.6. The number of hydrogen-bond donors (Lipinski definition) is 0. The molecule has 122 valence electrons. The summed E-state index contributed by atoms with van der Waals surface area (Å²) < 4.78 is 5.98. The molecule has 0 spiro atoms. The Bertz CT molecular complexity index is 930. The fourth-order valence-electron chi connectivity index (χ4n) is 2.94. The smallest absolute Gasteiger partial charge is 0.152 e. The van der Waals surface area contributed by atoms with Crippen molar-refractivity contribution in [1.29, 1.82) is 0 Å². The van der Waals surface area contributed by atoms with Gasteiger partial charge in [0.1, 0.15) is 12.2 Å². The Morgan fingerprint density at radius 1 is 1.08 bits per heavy atom. The second kappa shape index (κ2) is 6.41. The van der Waals surface area contributed by atoms with E-state index in [4.69, 9.17) is 39.5 Å². The molecule has 2 aromatic carbocycles. The van der Waals surface area contributed by atoms with E-state index in [1.165, 1.54) is 0 Å². The van der Waals surface area contributed by atoms with Crippen molar-refractivity contribution in [3.05, 3.63) is 68.8 Å². The third-order valence-corrected chi connectivity index (χ3v) is 4.97. The molecular weight excluding hydrogens is 367 g/mol. The van der Waals surface area contributed by atoms with Crippen LogP contribution in [-0.2, 0) is 13.1 Å². The lowest BCUT2D eigenvalue weighted by Gasteiger charge is -2.30. The van der Waals surface area contributed by atoms with Gasteiger partial charge < -0.3 is 4.74 Å². The third kappa shape index (κ3) is 2.93. The summed E-state index contributed by atoms with van der Waals surface area (Å²) in [5.41, 5.74) is 2.85. The van der Waals surface area contributed by atoms with Crippen LogP contribution < -0.4 is 4.74 Å². The highest BCUT2D eigenvalue weighted by Crippen LogP contribution is 2.37. The van der Waals surface area contributed by atoms with E-state index in [1.54, 1.807) is 12.3 Å². The zero-order valence-electron chi connectivity index (χ0n) is 12.6. The van der Waals surface area contributed by atoms with Crippen molar-refractivity contribution < 1.29 is 4.74 Å². The lowest BCUT2D eigenvalue weighted by molar-refractivity contribution is 0.0902. The van der Waals surface area contributed by atoms with Crippen molar-refractivity contribution in [1.82, 2.24) is 9.88 Å². The third-order valence-electron chi connectivity index (χ3n) is 4.07. The van der Waals surface area contributed by atoms with Crippen molar-refractivity contribution in [2.75, 3.05) is 6.73 Å². The Labute approximate surface area is 154 Å². The lowest BCUT2D eigenvalue weighted by atomic mass is 10.1. The SMILES string of the molecule is Clc1ccc(CN2COc3c(cc(Cl)c4cccnc34)C2)c(Cl)c1. The fourth-order valence-corrected chi connectivity index (χ4v) is 3.69. The standard InChI is InChI=1S/C18H13Cl3N2O/c19-13-4-3-11(15(20)7-13)8-23-9-12-6-16(21)14-2-1-5-22-17(14)18(12)24-10-23/h1-7H,8-10H2. The van der Waals surface area contributed by atoms with Crippen LogP contribution >= 0.6 is 34.8 Å². The number of benzene rings is 2. The van der Waals surface area contributed by atoms with E-state index in [-0.39, 0.29) is 0 Å². The van der Waals surface area contributed by atoms with E-state index in [1.807, 2.05) is 30.3 Å². The molecule has 24 heavy (non-hydrogen) atoms. The summed E-state index contributed by atoms with van der Waals surface area (Å²) in [7, 11) is 0. The van der Waals surface area contributed by atoms with Gasteiger partial charge in [-0.25, -0.2) is 0 Å². The van der Waals surface area contributed by atoms with Gasteiger partial charge >= 0.3 is 0 Å². The molecule has 2 heterocycles. The molecule has 1 aromatic heterocycles. The quantitative estimate of drug-likeness (QED) is 0.584. The highest BCUT2D eigenvalue weighted by Gasteiger charge is 2.22. The van der Waals surface area contributed by atoms with Crippen molar-refractivity contribution in [3.8, 4) is 5.75 Å². The molecule has 6 heteroatoms. The summed E-state index contributed by atoms with van der Waals surface area (Å²) in [6, 6.07) is 11.3. The van der Waals surface area contributed by atoms with Gasteiger partial charge in [-0.05, 0) is 35.9 Å². The summed E-state index contributed by atoms with van der Waals surface area (Å²) in [4.78, 5) is 6.58. The number of fused-ring (bicyclic) bond motifs is 3. The molecule has 0 saturated heterocycles. The Hall–Kier alpha value is -1.52. The first-order valence-electron chi connectivity index (χ1n) is 7.47. The molecule has 0 N–H and O–H groups in total. The minimum atomic E-state index is 0.471. The van der Waals surface area contributed by atoms with Crippen molar-refractivity contribution in [3.63, 3.8) is 0 Å². The van der Waals surface area contributed by atoms with Crippen LogP contribution in [0.15, 0.2) is 42.6 Å². The Morgan fingerprint density at radius 2 is 1.96 bits per heavy atom. The predicted molar refractivity (Wildman–Crippen MR) is 98.0 cm³/mol. The maximum Gasteiger partial charge on any atom is 0.152 e. The Morgan fingerprint density at radius 3 is 2.79 bits per heavy atom. The van der Waals surface area contributed by atoms with Crippen LogP contribution in [0.3, 0.4) is 0 Å². The molecule has 0 amide bonds. The van der Waals surface area contributed by atoms with Gasteiger partial charge in [-0.1, -0.05) is 40.9 Å². The van der Waals surface area contributed by atoms with Crippen LogP contribution in [0.1, 0.15) is 11.1 Å². The zero-order valence-corrected chi connectivity index (χ0v) is 14.9. The molecule has 0 fully saturated rings. The summed E-state index contributed by atoms with van der Waals surface area (Å²) in [6.07, 6.45) is 1.75. The van der Waals surface area contributed by atoms with Crippen LogP contribution in [0, 0.1) is 0 Å². The molecule has 0 radical (unpaired) electrons. The zero-order chi connectivity index (χ0) is 16.7. The first-order chi connectivity index (χ1) is 11.6. The van der Waals surface area contributed by atoms with Gasteiger partial charge in [-0.3, -0.25) is 9.88 Å². The van der Waals surface area contributed by atoms with Crippen molar-refractivity contribution in [2.24, 2.45) is 0 Å². The molecular formula is C18H13Cl3N2O. The summed E-state index contributed by atoms with van der Waals surface area (Å²) in [5, 5.41) is 2.89. The number of nitrogens with zero attached hydrogens (tertiary/aromatic N) is 2. The molecule has 4 rings (SSSR count). The Kier molecular flexibility index (Phi) is 4.27. The lowest BCUT2D eigenvalue weighted by Crippen LogP contribution is -2.31. The number of aromatic nitrogens is 1. The topological polar surface area (TPSA) is 25.4 Å². The normalized spacial score (nSPS) is 14.5. The maximum atomic E-state index is 6.39. The molecule has 0 atom stereocenters. The molecule has 0 saturated carbocycles.